The summed E-state index contributed by atoms with van der Waals surface area (Å²) in [5, 5.41) is 10.9. The van der Waals surface area contributed by atoms with E-state index in [1.54, 1.807) is 7.11 Å². The molecule has 10 heteroatoms. The molecule has 0 spiro atoms. The summed E-state index contributed by atoms with van der Waals surface area (Å²) in [5.74, 6) is 1.54. The number of aliphatic hydroxyl groups is 1. The Bertz CT molecular complexity index is 1260. The third-order valence-electron chi connectivity index (χ3n) is 9.30. The first-order valence-corrected chi connectivity index (χ1v) is 15.2. The predicted molar refractivity (Wildman–Crippen MR) is 160 cm³/mol. The molecule has 3 atom stereocenters. The van der Waals surface area contributed by atoms with Crippen LogP contribution < -0.4 is 9.80 Å². The molecule has 2 unspecified atom stereocenters. The lowest BCUT2D eigenvalue weighted by Crippen LogP contribution is -2.49. The molecule has 41 heavy (non-hydrogen) atoms. The average molecular weight is 565 g/mol. The number of nitrogens with zero attached hydrogens (tertiary/aromatic N) is 6. The van der Waals surface area contributed by atoms with Gasteiger partial charge < -0.3 is 34.0 Å². The van der Waals surface area contributed by atoms with Crippen LogP contribution in [0.15, 0.2) is 30.4 Å². The molecule has 0 saturated carbocycles. The fraction of sp³-hybridized carbons (Fsp3) is 0.645. The number of ether oxygens (including phenoxy) is 3. The van der Waals surface area contributed by atoms with E-state index in [0.29, 0.717) is 30.9 Å². The number of rotatable bonds is 7. The molecule has 0 radical (unpaired) electrons. The minimum absolute atomic E-state index is 0.0173. The number of allylic oxidation sites excluding steroid dienone is 2. The maximum Gasteiger partial charge on any atom is 0.229 e. The van der Waals surface area contributed by atoms with Crippen molar-refractivity contribution < 1.29 is 19.3 Å². The van der Waals surface area contributed by atoms with E-state index in [4.69, 9.17) is 29.2 Å². The summed E-state index contributed by atoms with van der Waals surface area (Å²) in [6.45, 7) is 8.29. The smallest absolute Gasteiger partial charge is 0.229 e. The molecule has 0 aromatic carbocycles. The summed E-state index contributed by atoms with van der Waals surface area (Å²) in [6.07, 6.45) is 10.4. The maximum atomic E-state index is 9.92. The van der Waals surface area contributed by atoms with E-state index < -0.39 is 0 Å². The van der Waals surface area contributed by atoms with Gasteiger partial charge in [0.1, 0.15) is 5.82 Å². The van der Waals surface area contributed by atoms with Crippen LogP contribution in [0.25, 0.3) is 16.6 Å². The zero-order valence-corrected chi connectivity index (χ0v) is 24.6. The minimum atomic E-state index is -0.140. The van der Waals surface area contributed by atoms with Crippen molar-refractivity contribution in [2.75, 3.05) is 76.6 Å². The van der Waals surface area contributed by atoms with Crippen LogP contribution in [-0.4, -0.2) is 116 Å². The van der Waals surface area contributed by atoms with Gasteiger partial charge in [0.15, 0.2) is 5.65 Å². The van der Waals surface area contributed by atoms with Crippen molar-refractivity contribution in [3.05, 3.63) is 36.1 Å². The molecule has 222 valence electrons. The molecule has 4 aliphatic rings. The SMILES string of the molecule is COC1C=CC(c2ccc3c(N4CCOC[C@@H]4C)nc(N(C)C4CCN(C5CCOCC5)CC4)nc3n2)=CC1CO. The van der Waals surface area contributed by atoms with E-state index in [0.717, 1.165) is 87.0 Å². The molecular weight excluding hydrogens is 520 g/mol. The standard InChI is InChI=1S/C31H44N6O4/c1-21-20-41-17-14-37(21)30-26-5-6-27(22-4-7-28(39-3)23(18-22)19-38)32-29(26)33-31(34-30)35(2)24-8-12-36(13-9-24)25-10-15-40-16-11-25/h4-7,18,21,23-25,28,38H,8-17,19-20H2,1-3H3/t21-,23?,28?/m0/s1. The highest BCUT2D eigenvalue weighted by Gasteiger charge is 2.31. The van der Waals surface area contributed by atoms with Crippen molar-refractivity contribution in [3.63, 3.8) is 0 Å². The fourth-order valence-corrected chi connectivity index (χ4v) is 6.72. The summed E-state index contributed by atoms with van der Waals surface area (Å²) in [7, 11) is 3.80. The zero-order chi connectivity index (χ0) is 28.3. The number of aliphatic hydroxyl groups excluding tert-OH is 1. The van der Waals surface area contributed by atoms with E-state index in [9.17, 15) is 5.11 Å². The molecule has 3 fully saturated rings. The quantitative estimate of drug-likeness (QED) is 0.541. The Morgan fingerprint density at radius 1 is 1.02 bits per heavy atom. The summed E-state index contributed by atoms with van der Waals surface area (Å²) in [4.78, 5) is 22.6. The first-order valence-electron chi connectivity index (χ1n) is 15.2. The number of anilines is 2. The number of fused-ring (bicyclic) bond motifs is 1. The zero-order valence-electron chi connectivity index (χ0n) is 24.6. The molecule has 2 aromatic rings. The van der Waals surface area contributed by atoms with Crippen molar-refractivity contribution in [1.29, 1.82) is 0 Å². The largest absolute Gasteiger partial charge is 0.396 e. The van der Waals surface area contributed by atoms with Crippen molar-refractivity contribution in [2.24, 2.45) is 5.92 Å². The second-order valence-electron chi connectivity index (χ2n) is 11.8. The molecule has 3 saturated heterocycles. The van der Waals surface area contributed by atoms with Gasteiger partial charge in [0.05, 0.1) is 43.0 Å². The molecule has 1 aliphatic carbocycles. The van der Waals surface area contributed by atoms with Gasteiger partial charge in [0.25, 0.3) is 0 Å². The lowest BCUT2D eigenvalue weighted by atomic mass is 9.92. The van der Waals surface area contributed by atoms with Crippen molar-refractivity contribution in [2.45, 2.75) is 56.8 Å². The van der Waals surface area contributed by atoms with E-state index >= 15 is 0 Å². The third-order valence-corrected chi connectivity index (χ3v) is 9.30. The summed E-state index contributed by atoms with van der Waals surface area (Å²) >= 11 is 0. The molecule has 2 aromatic heterocycles. The lowest BCUT2D eigenvalue weighted by Gasteiger charge is -2.41. The number of methoxy groups -OCH3 is 1. The maximum absolute atomic E-state index is 9.92. The fourth-order valence-electron chi connectivity index (χ4n) is 6.72. The Morgan fingerprint density at radius 3 is 2.56 bits per heavy atom. The Kier molecular flexibility index (Phi) is 8.83. The number of aromatic nitrogens is 3. The molecular formula is C31H44N6O4. The van der Waals surface area contributed by atoms with Crippen molar-refractivity contribution in [3.8, 4) is 0 Å². The molecule has 1 N–H and O–H groups in total. The van der Waals surface area contributed by atoms with Crippen LogP contribution in [0.2, 0.25) is 0 Å². The van der Waals surface area contributed by atoms with Crippen LogP contribution in [-0.2, 0) is 14.2 Å². The molecule has 10 nitrogen and oxygen atoms in total. The van der Waals surface area contributed by atoms with Crippen LogP contribution in [0.1, 0.15) is 38.3 Å². The number of pyridine rings is 1. The van der Waals surface area contributed by atoms with Gasteiger partial charge in [-0.3, -0.25) is 0 Å². The summed E-state index contributed by atoms with van der Waals surface area (Å²) in [5.41, 5.74) is 2.49. The van der Waals surface area contributed by atoms with Gasteiger partial charge in [-0.25, -0.2) is 4.98 Å². The van der Waals surface area contributed by atoms with E-state index in [-0.39, 0.29) is 24.7 Å². The monoisotopic (exact) mass is 564 g/mol. The first-order chi connectivity index (χ1) is 20.1. The highest BCUT2D eigenvalue weighted by Crippen LogP contribution is 2.32. The minimum Gasteiger partial charge on any atom is -0.396 e. The van der Waals surface area contributed by atoms with Gasteiger partial charge >= 0.3 is 0 Å². The number of piperidine rings is 1. The van der Waals surface area contributed by atoms with E-state index in [1.807, 2.05) is 24.3 Å². The van der Waals surface area contributed by atoms with Crippen molar-refractivity contribution in [1.82, 2.24) is 19.9 Å². The number of morpholine rings is 1. The Balaban J connectivity index is 1.31. The first kappa shape index (κ1) is 28.5. The van der Waals surface area contributed by atoms with Crippen LogP contribution >= 0.6 is 0 Å². The Morgan fingerprint density at radius 2 is 1.83 bits per heavy atom. The van der Waals surface area contributed by atoms with Gasteiger partial charge in [-0.05, 0) is 50.3 Å². The average Bonchev–Trinajstić information content (AvgIpc) is 3.04. The second-order valence-corrected chi connectivity index (χ2v) is 11.8. The van der Waals surface area contributed by atoms with Crippen LogP contribution in [0.5, 0.6) is 0 Å². The Labute approximate surface area is 243 Å². The molecule has 3 aliphatic heterocycles. The Hall–Kier alpha value is -2.63. The molecule has 5 heterocycles. The normalized spacial score (nSPS) is 26.9. The van der Waals surface area contributed by atoms with E-state index in [2.05, 4.69) is 34.7 Å². The molecule has 0 amide bonds. The van der Waals surface area contributed by atoms with Crippen LogP contribution in [0, 0.1) is 5.92 Å². The number of hydrogen-bond donors (Lipinski definition) is 1. The van der Waals surface area contributed by atoms with Gasteiger partial charge in [-0.2, -0.15) is 9.97 Å². The van der Waals surface area contributed by atoms with Gasteiger partial charge in [-0.1, -0.05) is 18.2 Å². The van der Waals surface area contributed by atoms with Gasteiger partial charge in [0.2, 0.25) is 5.95 Å². The molecule has 6 rings (SSSR count). The van der Waals surface area contributed by atoms with Gasteiger partial charge in [0, 0.05) is 65.0 Å². The van der Waals surface area contributed by atoms with Gasteiger partial charge in [-0.15, -0.1) is 0 Å². The number of likely N-dealkylation sites (tertiary alicyclic amines) is 1. The second kappa shape index (κ2) is 12.7. The topological polar surface area (TPSA) is 96.3 Å². The molecule has 0 bridgehead atoms. The predicted octanol–water partition coefficient (Wildman–Crippen LogP) is 2.91. The van der Waals surface area contributed by atoms with Crippen LogP contribution in [0.3, 0.4) is 0 Å². The highest BCUT2D eigenvalue weighted by atomic mass is 16.5. The van der Waals surface area contributed by atoms with E-state index in [1.165, 1.54) is 0 Å². The highest BCUT2D eigenvalue weighted by molar-refractivity contribution is 5.90. The number of hydrogen-bond acceptors (Lipinski definition) is 10. The summed E-state index contributed by atoms with van der Waals surface area (Å²) < 4.78 is 16.9. The third kappa shape index (κ3) is 5.99. The van der Waals surface area contributed by atoms with Crippen molar-refractivity contribution >= 4 is 28.4 Å². The summed E-state index contributed by atoms with van der Waals surface area (Å²) in [6, 6.07) is 5.37. The lowest BCUT2D eigenvalue weighted by molar-refractivity contribution is 0.0252. The van der Waals surface area contributed by atoms with Crippen LogP contribution in [0.4, 0.5) is 11.8 Å².